The van der Waals surface area contributed by atoms with E-state index in [0.29, 0.717) is 0 Å². The summed E-state index contributed by atoms with van der Waals surface area (Å²) in [6.07, 6.45) is 1.17. The van der Waals surface area contributed by atoms with Gasteiger partial charge in [0.2, 0.25) is 0 Å². The maximum Gasteiger partial charge on any atom is 0.0821 e. The zero-order chi connectivity index (χ0) is 9.03. The third-order valence-corrected chi connectivity index (χ3v) is 1.91. The number of hydrogen-bond acceptors (Lipinski definition) is 0. The molecule has 1 aromatic rings. The van der Waals surface area contributed by atoms with Gasteiger partial charge in [0.05, 0.1) is 27.7 Å². The van der Waals surface area contributed by atoms with Gasteiger partial charge in [0.1, 0.15) is 0 Å². The van der Waals surface area contributed by atoms with Crippen molar-refractivity contribution in [1.29, 1.82) is 0 Å². The van der Waals surface area contributed by atoms with Gasteiger partial charge in [-0.1, -0.05) is 30.3 Å². The molecule has 0 atom stereocenters. The zero-order valence-electron chi connectivity index (χ0n) is 8.63. The predicted octanol–water partition coefficient (Wildman–Crippen LogP) is -1.06. The highest BCUT2D eigenvalue weighted by molar-refractivity contribution is 5.14. The normalized spacial score (nSPS) is 10.7. The van der Waals surface area contributed by atoms with Gasteiger partial charge in [-0.15, -0.1) is 0 Å². The molecule has 74 valence electrons. The molecule has 0 saturated carbocycles. The summed E-state index contributed by atoms with van der Waals surface area (Å²) in [5, 5.41) is 0. The number of quaternary nitrogens is 1. The first kappa shape index (κ1) is 12.7. The van der Waals surface area contributed by atoms with Crippen molar-refractivity contribution in [3.63, 3.8) is 0 Å². The molecule has 0 spiro atoms. The number of halogens is 1. The standard InChI is InChI=1S/C11H18N.BrH/c1-12(2,3)10-9-11-7-5-4-6-8-11;/h4-8H,9-10H2,1-3H3;1H/q+1;/p-1. The molecule has 1 aromatic carbocycles. The van der Waals surface area contributed by atoms with Gasteiger partial charge in [-0.05, 0) is 5.56 Å². The Kier molecular flexibility index (Phi) is 5.26. The first-order valence-electron chi connectivity index (χ1n) is 4.42. The zero-order valence-corrected chi connectivity index (χ0v) is 10.2. The topological polar surface area (TPSA) is 0 Å². The van der Waals surface area contributed by atoms with Gasteiger partial charge in [-0.25, -0.2) is 0 Å². The summed E-state index contributed by atoms with van der Waals surface area (Å²) in [6, 6.07) is 10.6. The van der Waals surface area contributed by atoms with Crippen LogP contribution in [0.3, 0.4) is 0 Å². The van der Waals surface area contributed by atoms with E-state index in [4.69, 9.17) is 0 Å². The number of likely N-dealkylation sites (N-methyl/N-ethyl adjacent to an activating group) is 1. The quantitative estimate of drug-likeness (QED) is 0.595. The van der Waals surface area contributed by atoms with Crippen molar-refractivity contribution >= 4 is 0 Å². The van der Waals surface area contributed by atoms with Gasteiger partial charge in [0.25, 0.3) is 0 Å². The molecule has 0 aliphatic carbocycles. The Balaban J connectivity index is 0.00000144. The highest BCUT2D eigenvalue weighted by atomic mass is 79.9. The summed E-state index contributed by atoms with van der Waals surface area (Å²) in [7, 11) is 6.68. The molecule has 13 heavy (non-hydrogen) atoms. The molecular weight excluding hydrogens is 226 g/mol. The Hall–Kier alpha value is -0.340. The van der Waals surface area contributed by atoms with Crippen LogP contribution in [0, 0.1) is 0 Å². The van der Waals surface area contributed by atoms with E-state index in [2.05, 4.69) is 51.5 Å². The molecule has 0 aliphatic rings. The number of nitrogens with zero attached hydrogens (tertiary/aromatic N) is 1. The lowest BCUT2D eigenvalue weighted by Crippen LogP contribution is -3.00. The summed E-state index contributed by atoms with van der Waals surface area (Å²) in [5.41, 5.74) is 1.44. The average molecular weight is 244 g/mol. The van der Waals surface area contributed by atoms with Crippen LogP contribution in [0.15, 0.2) is 30.3 Å². The molecule has 0 saturated heterocycles. The second-order valence-electron chi connectivity index (χ2n) is 4.25. The first-order chi connectivity index (χ1) is 5.58. The molecule has 0 bridgehead atoms. The van der Waals surface area contributed by atoms with Crippen molar-refractivity contribution in [3.05, 3.63) is 35.9 Å². The first-order valence-corrected chi connectivity index (χ1v) is 4.42. The van der Waals surface area contributed by atoms with Crippen LogP contribution in [0.5, 0.6) is 0 Å². The molecule has 0 aliphatic heterocycles. The molecule has 0 fully saturated rings. The Morgan fingerprint density at radius 1 is 1.00 bits per heavy atom. The van der Waals surface area contributed by atoms with Crippen molar-refractivity contribution in [1.82, 2.24) is 0 Å². The van der Waals surface area contributed by atoms with Crippen LogP contribution in [0.2, 0.25) is 0 Å². The highest BCUT2D eigenvalue weighted by Gasteiger charge is 2.05. The van der Waals surface area contributed by atoms with E-state index in [9.17, 15) is 0 Å². The molecule has 0 aromatic heterocycles. The highest BCUT2D eigenvalue weighted by Crippen LogP contribution is 2.02. The smallest absolute Gasteiger partial charge is 0.0821 e. The van der Waals surface area contributed by atoms with Crippen LogP contribution in [0.4, 0.5) is 0 Å². The molecule has 2 heteroatoms. The lowest BCUT2D eigenvalue weighted by Gasteiger charge is -2.23. The molecule has 1 rings (SSSR count). The number of hydrogen-bond donors (Lipinski definition) is 0. The van der Waals surface area contributed by atoms with E-state index in [1.165, 1.54) is 18.5 Å². The van der Waals surface area contributed by atoms with Gasteiger partial charge in [-0.2, -0.15) is 0 Å². The lowest BCUT2D eigenvalue weighted by atomic mass is 10.1. The monoisotopic (exact) mass is 243 g/mol. The minimum Gasteiger partial charge on any atom is -1.00 e. The minimum absolute atomic E-state index is 0. The summed E-state index contributed by atoms with van der Waals surface area (Å²) < 4.78 is 1.04. The number of benzene rings is 1. The van der Waals surface area contributed by atoms with E-state index < -0.39 is 0 Å². The Bertz CT molecular complexity index is 226. The fourth-order valence-electron chi connectivity index (χ4n) is 1.11. The lowest BCUT2D eigenvalue weighted by molar-refractivity contribution is -0.870. The van der Waals surface area contributed by atoms with Gasteiger partial charge in [0.15, 0.2) is 0 Å². The van der Waals surface area contributed by atoms with Crippen LogP contribution < -0.4 is 17.0 Å². The van der Waals surface area contributed by atoms with Crippen molar-refractivity contribution in [2.75, 3.05) is 27.7 Å². The van der Waals surface area contributed by atoms with Gasteiger partial charge < -0.3 is 21.5 Å². The molecule has 1 nitrogen and oxygen atoms in total. The van der Waals surface area contributed by atoms with E-state index >= 15 is 0 Å². The molecular formula is C11H18BrN. The molecule has 0 heterocycles. The predicted molar refractivity (Wildman–Crippen MR) is 53.0 cm³/mol. The maximum absolute atomic E-state index is 2.23. The van der Waals surface area contributed by atoms with Gasteiger partial charge in [0, 0.05) is 6.42 Å². The van der Waals surface area contributed by atoms with Crippen molar-refractivity contribution in [2.24, 2.45) is 0 Å². The van der Waals surface area contributed by atoms with E-state index in [1.807, 2.05) is 0 Å². The van der Waals surface area contributed by atoms with Gasteiger partial charge >= 0.3 is 0 Å². The van der Waals surface area contributed by atoms with Crippen LogP contribution in [-0.2, 0) is 6.42 Å². The summed E-state index contributed by atoms with van der Waals surface area (Å²) in [6.45, 7) is 1.20. The molecule has 0 N–H and O–H groups in total. The van der Waals surface area contributed by atoms with Crippen LogP contribution >= 0.6 is 0 Å². The fourth-order valence-corrected chi connectivity index (χ4v) is 1.11. The van der Waals surface area contributed by atoms with Crippen LogP contribution in [0.1, 0.15) is 5.56 Å². The summed E-state index contributed by atoms with van der Waals surface area (Å²) in [5.74, 6) is 0. The van der Waals surface area contributed by atoms with E-state index in [-0.39, 0.29) is 17.0 Å². The third-order valence-electron chi connectivity index (χ3n) is 1.91. The molecule has 0 amide bonds. The van der Waals surface area contributed by atoms with E-state index in [0.717, 1.165) is 4.48 Å². The number of rotatable bonds is 3. The second-order valence-corrected chi connectivity index (χ2v) is 4.25. The molecule has 0 unspecified atom stereocenters. The maximum atomic E-state index is 2.23. The summed E-state index contributed by atoms with van der Waals surface area (Å²) >= 11 is 0. The Morgan fingerprint density at radius 2 is 1.54 bits per heavy atom. The fraction of sp³-hybridized carbons (Fsp3) is 0.455. The summed E-state index contributed by atoms with van der Waals surface area (Å²) in [4.78, 5) is 0. The van der Waals surface area contributed by atoms with Crippen LogP contribution in [-0.4, -0.2) is 32.2 Å². The van der Waals surface area contributed by atoms with Gasteiger partial charge in [-0.3, -0.25) is 0 Å². The average Bonchev–Trinajstić information content (AvgIpc) is 2.02. The van der Waals surface area contributed by atoms with Crippen molar-refractivity contribution in [2.45, 2.75) is 6.42 Å². The second kappa shape index (κ2) is 5.40. The van der Waals surface area contributed by atoms with E-state index in [1.54, 1.807) is 0 Å². The van der Waals surface area contributed by atoms with Crippen LogP contribution in [0.25, 0.3) is 0 Å². The Morgan fingerprint density at radius 3 is 2.00 bits per heavy atom. The minimum atomic E-state index is 0. The third kappa shape index (κ3) is 5.83. The van der Waals surface area contributed by atoms with Crippen molar-refractivity contribution < 1.29 is 21.5 Å². The SMILES string of the molecule is C[N+](C)(C)CCc1ccccc1.[Br-]. The molecule has 0 radical (unpaired) electrons. The largest absolute Gasteiger partial charge is 1.00 e. The van der Waals surface area contributed by atoms with Crippen molar-refractivity contribution in [3.8, 4) is 0 Å². The Labute approximate surface area is 91.7 Å².